The molecular formula is C18H26BrF2NO. The maximum absolute atomic E-state index is 14.2. The summed E-state index contributed by atoms with van der Waals surface area (Å²) in [4.78, 5) is 2.34. The largest absolute Gasteiger partial charge is 0.493 e. The number of halogens is 3. The molecule has 0 N–H and O–H groups in total. The molecule has 0 aliphatic carbocycles. The van der Waals surface area contributed by atoms with Gasteiger partial charge in [-0.25, -0.2) is 8.78 Å². The third-order valence-electron chi connectivity index (χ3n) is 4.46. The van der Waals surface area contributed by atoms with Crippen molar-refractivity contribution in [1.82, 2.24) is 4.90 Å². The van der Waals surface area contributed by atoms with Crippen molar-refractivity contribution in [2.24, 2.45) is 0 Å². The third-order valence-corrected chi connectivity index (χ3v) is 5.20. The van der Waals surface area contributed by atoms with Gasteiger partial charge in [0.1, 0.15) is 17.4 Å². The van der Waals surface area contributed by atoms with Gasteiger partial charge in [0.15, 0.2) is 0 Å². The molecule has 1 heterocycles. The average Bonchev–Trinajstić information content (AvgIpc) is 2.54. The second-order valence-electron chi connectivity index (χ2n) is 6.16. The Morgan fingerprint density at radius 1 is 1.26 bits per heavy atom. The van der Waals surface area contributed by atoms with E-state index in [2.05, 4.69) is 27.8 Å². The predicted molar refractivity (Wildman–Crippen MR) is 93.5 cm³/mol. The highest BCUT2D eigenvalue weighted by atomic mass is 79.9. The van der Waals surface area contributed by atoms with Crippen molar-refractivity contribution in [3.05, 3.63) is 29.3 Å². The Morgan fingerprint density at radius 3 is 2.65 bits per heavy atom. The van der Waals surface area contributed by atoms with E-state index < -0.39 is 11.6 Å². The first-order chi connectivity index (χ1) is 11.2. The lowest BCUT2D eigenvalue weighted by Crippen LogP contribution is -2.41. The molecule has 1 aliphatic heterocycles. The van der Waals surface area contributed by atoms with Crippen LogP contribution in [0.5, 0.6) is 5.75 Å². The van der Waals surface area contributed by atoms with E-state index >= 15 is 0 Å². The molecular weight excluding hydrogens is 364 g/mol. The minimum atomic E-state index is -0.496. The van der Waals surface area contributed by atoms with Gasteiger partial charge < -0.3 is 4.74 Å². The molecule has 1 atom stereocenters. The number of piperidine rings is 1. The number of hydrogen-bond donors (Lipinski definition) is 0. The summed E-state index contributed by atoms with van der Waals surface area (Å²) in [5, 5.41) is 0.919. The number of hydrogen-bond acceptors (Lipinski definition) is 2. The molecule has 0 radical (unpaired) electrons. The first-order valence-corrected chi connectivity index (χ1v) is 9.68. The van der Waals surface area contributed by atoms with Crippen molar-refractivity contribution in [2.75, 3.05) is 25.0 Å². The Kier molecular flexibility index (Phi) is 7.77. The molecule has 0 aromatic heterocycles. The van der Waals surface area contributed by atoms with Crippen LogP contribution in [0.1, 0.15) is 44.6 Å². The monoisotopic (exact) mass is 389 g/mol. The molecule has 5 heteroatoms. The standard InChI is InChI=1S/C18H26BrF2NO/c1-2-3-10-23-15-11-17(20)16(18(21)12-15)7-9-22-8-5-4-6-14(22)13-19/h11-12,14H,2-10,13H2,1H3/t14-/m1/s1. The van der Waals surface area contributed by atoms with Crippen LogP contribution >= 0.6 is 15.9 Å². The zero-order valence-electron chi connectivity index (χ0n) is 13.8. The minimum Gasteiger partial charge on any atom is -0.493 e. The molecule has 23 heavy (non-hydrogen) atoms. The fraction of sp³-hybridized carbons (Fsp3) is 0.667. The second-order valence-corrected chi connectivity index (χ2v) is 6.80. The number of unbranched alkanes of at least 4 members (excludes halogenated alkanes) is 1. The molecule has 0 bridgehead atoms. The number of benzene rings is 1. The fourth-order valence-electron chi connectivity index (χ4n) is 3.02. The van der Waals surface area contributed by atoms with Gasteiger partial charge in [0, 0.05) is 35.6 Å². The van der Waals surface area contributed by atoms with Gasteiger partial charge in [-0.15, -0.1) is 0 Å². The Hall–Kier alpha value is -0.680. The molecule has 2 nitrogen and oxygen atoms in total. The lowest BCUT2D eigenvalue weighted by molar-refractivity contribution is 0.166. The molecule has 1 aromatic carbocycles. The van der Waals surface area contributed by atoms with Gasteiger partial charge >= 0.3 is 0 Å². The fourth-order valence-corrected chi connectivity index (χ4v) is 3.75. The highest BCUT2D eigenvalue weighted by molar-refractivity contribution is 9.09. The van der Waals surface area contributed by atoms with Gasteiger partial charge in [0.25, 0.3) is 0 Å². The maximum atomic E-state index is 14.2. The summed E-state index contributed by atoms with van der Waals surface area (Å²) in [6.45, 7) is 4.25. The van der Waals surface area contributed by atoms with Crippen LogP contribution in [0.2, 0.25) is 0 Å². The molecule has 1 saturated heterocycles. The summed E-state index contributed by atoms with van der Waals surface area (Å²) < 4.78 is 33.8. The van der Waals surface area contributed by atoms with E-state index in [9.17, 15) is 8.78 Å². The van der Waals surface area contributed by atoms with E-state index in [1.54, 1.807) is 0 Å². The van der Waals surface area contributed by atoms with Crippen molar-refractivity contribution in [3.8, 4) is 5.75 Å². The van der Waals surface area contributed by atoms with E-state index in [1.165, 1.54) is 25.0 Å². The molecule has 0 spiro atoms. The predicted octanol–water partition coefficient (Wildman–Crippen LogP) is 4.94. The van der Waals surface area contributed by atoms with Crippen LogP contribution in [-0.2, 0) is 6.42 Å². The summed E-state index contributed by atoms with van der Waals surface area (Å²) in [5.41, 5.74) is 0.173. The summed E-state index contributed by atoms with van der Waals surface area (Å²) in [6, 6.07) is 3.10. The zero-order chi connectivity index (χ0) is 16.7. The second kappa shape index (κ2) is 9.58. The molecule has 130 valence electrons. The van der Waals surface area contributed by atoms with Gasteiger partial charge in [-0.1, -0.05) is 35.7 Å². The van der Waals surface area contributed by atoms with Gasteiger partial charge in [-0.2, -0.15) is 0 Å². The van der Waals surface area contributed by atoms with E-state index in [1.807, 2.05) is 0 Å². The topological polar surface area (TPSA) is 12.5 Å². The number of ether oxygens (including phenoxy) is 1. The number of alkyl halides is 1. The third kappa shape index (κ3) is 5.42. The highest BCUT2D eigenvalue weighted by Gasteiger charge is 2.22. The molecule has 0 unspecified atom stereocenters. The van der Waals surface area contributed by atoms with Gasteiger partial charge in [-0.05, 0) is 32.2 Å². The van der Waals surface area contributed by atoms with Crippen molar-refractivity contribution >= 4 is 15.9 Å². The normalized spacial score (nSPS) is 19.0. The number of nitrogens with zero attached hydrogens (tertiary/aromatic N) is 1. The van der Waals surface area contributed by atoms with Crippen LogP contribution in [0.3, 0.4) is 0 Å². The van der Waals surface area contributed by atoms with Crippen molar-refractivity contribution in [2.45, 2.75) is 51.5 Å². The summed E-state index contributed by atoms with van der Waals surface area (Å²) >= 11 is 3.54. The summed E-state index contributed by atoms with van der Waals surface area (Å²) in [5.74, 6) is -0.707. The summed E-state index contributed by atoms with van der Waals surface area (Å²) in [7, 11) is 0. The number of likely N-dealkylation sites (tertiary alicyclic amines) is 1. The van der Waals surface area contributed by atoms with Crippen LogP contribution in [0.25, 0.3) is 0 Å². The van der Waals surface area contributed by atoms with Gasteiger partial charge in [0.05, 0.1) is 6.61 Å². The average molecular weight is 390 g/mol. The number of rotatable bonds is 8. The van der Waals surface area contributed by atoms with Crippen molar-refractivity contribution in [1.29, 1.82) is 0 Å². The van der Waals surface area contributed by atoms with E-state index in [0.29, 0.717) is 25.6 Å². The Bertz CT molecular complexity index is 475. The van der Waals surface area contributed by atoms with Gasteiger partial charge in [0.2, 0.25) is 0 Å². The lowest BCUT2D eigenvalue weighted by atomic mass is 10.0. The highest BCUT2D eigenvalue weighted by Crippen LogP contribution is 2.23. The minimum absolute atomic E-state index is 0.173. The van der Waals surface area contributed by atoms with Crippen LogP contribution in [-0.4, -0.2) is 36.0 Å². The molecule has 0 saturated carbocycles. The SMILES string of the molecule is CCCCOc1cc(F)c(CCN2CCCC[C@@H]2CBr)c(F)c1. The van der Waals surface area contributed by atoms with Gasteiger partial charge in [-0.3, -0.25) is 4.90 Å². The van der Waals surface area contributed by atoms with Crippen molar-refractivity contribution < 1.29 is 13.5 Å². The van der Waals surface area contributed by atoms with E-state index in [-0.39, 0.29) is 11.3 Å². The lowest BCUT2D eigenvalue weighted by Gasteiger charge is -2.34. The first kappa shape index (κ1) is 18.7. The molecule has 1 fully saturated rings. The van der Waals surface area contributed by atoms with Crippen LogP contribution in [0, 0.1) is 11.6 Å². The zero-order valence-corrected chi connectivity index (χ0v) is 15.4. The maximum Gasteiger partial charge on any atom is 0.133 e. The van der Waals surface area contributed by atoms with Crippen LogP contribution in [0.15, 0.2) is 12.1 Å². The van der Waals surface area contributed by atoms with E-state index in [4.69, 9.17) is 4.74 Å². The Labute approximate surface area is 146 Å². The molecule has 2 rings (SSSR count). The van der Waals surface area contributed by atoms with E-state index in [0.717, 1.165) is 31.1 Å². The Morgan fingerprint density at radius 2 is 2.00 bits per heavy atom. The smallest absolute Gasteiger partial charge is 0.133 e. The molecule has 1 aromatic rings. The summed E-state index contributed by atoms with van der Waals surface area (Å²) in [6.07, 6.45) is 5.83. The Balaban J connectivity index is 1.96. The molecule has 1 aliphatic rings. The quantitative estimate of drug-likeness (QED) is 0.461. The first-order valence-electron chi connectivity index (χ1n) is 8.56. The van der Waals surface area contributed by atoms with Crippen LogP contribution < -0.4 is 4.74 Å². The molecule has 0 amide bonds. The van der Waals surface area contributed by atoms with Crippen molar-refractivity contribution in [3.63, 3.8) is 0 Å². The van der Waals surface area contributed by atoms with Crippen LogP contribution in [0.4, 0.5) is 8.78 Å².